The SMILES string of the molecule is O=C(CSc1cnccn1)Cc1ccccc1F. The molecule has 2 rings (SSSR count). The van der Waals surface area contributed by atoms with E-state index in [4.69, 9.17) is 0 Å². The molecule has 0 bridgehead atoms. The third-order valence-electron chi connectivity index (χ3n) is 2.27. The van der Waals surface area contributed by atoms with Gasteiger partial charge >= 0.3 is 0 Å². The smallest absolute Gasteiger partial charge is 0.147 e. The largest absolute Gasteiger partial charge is 0.298 e. The van der Waals surface area contributed by atoms with E-state index in [2.05, 4.69) is 9.97 Å². The number of thioether (sulfide) groups is 1. The van der Waals surface area contributed by atoms with Crippen LogP contribution in [-0.2, 0) is 11.2 Å². The minimum Gasteiger partial charge on any atom is -0.298 e. The van der Waals surface area contributed by atoms with Gasteiger partial charge in [-0.05, 0) is 11.6 Å². The van der Waals surface area contributed by atoms with Crippen molar-refractivity contribution in [3.8, 4) is 0 Å². The molecule has 2 aromatic rings. The third kappa shape index (κ3) is 3.63. The van der Waals surface area contributed by atoms with Crippen LogP contribution in [0.4, 0.5) is 4.39 Å². The highest BCUT2D eigenvalue weighted by atomic mass is 32.2. The van der Waals surface area contributed by atoms with Crippen molar-refractivity contribution in [2.45, 2.75) is 11.4 Å². The summed E-state index contributed by atoms with van der Waals surface area (Å²) in [6, 6.07) is 6.32. The molecule has 0 radical (unpaired) electrons. The number of carbonyl (C=O) groups is 1. The summed E-state index contributed by atoms with van der Waals surface area (Å²) < 4.78 is 13.3. The molecule has 0 saturated heterocycles. The number of benzene rings is 1. The van der Waals surface area contributed by atoms with Gasteiger partial charge in [0.25, 0.3) is 0 Å². The molecule has 1 aromatic carbocycles. The second-order valence-electron chi connectivity index (χ2n) is 3.64. The predicted molar refractivity (Wildman–Crippen MR) is 67.9 cm³/mol. The van der Waals surface area contributed by atoms with E-state index in [1.165, 1.54) is 17.8 Å². The maximum Gasteiger partial charge on any atom is 0.147 e. The standard InChI is InChI=1S/C13H11FN2OS/c14-12-4-2-1-3-10(12)7-11(17)9-18-13-8-15-5-6-16-13/h1-6,8H,7,9H2. The van der Waals surface area contributed by atoms with E-state index in [1.54, 1.807) is 36.8 Å². The van der Waals surface area contributed by atoms with Gasteiger partial charge in [0, 0.05) is 18.8 Å². The van der Waals surface area contributed by atoms with Crippen LogP contribution in [0.2, 0.25) is 0 Å². The van der Waals surface area contributed by atoms with E-state index in [-0.39, 0.29) is 23.8 Å². The van der Waals surface area contributed by atoms with Crippen LogP contribution in [0.3, 0.4) is 0 Å². The zero-order valence-electron chi connectivity index (χ0n) is 9.54. The second-order valence-corrected chi connectivity index (χ2v) is 4.63. The number of hydrogen-bond donors (Lipinski definition) is 0. The molecular formula is C13H11FN2OS. The van der Waals surface area contributed by atoms with Gasteiger partial charge < -0.3 is 0 Å². The van der Waals surface area contributed by atoms with E-state index >= 15 is 0 Å². The molecule has 0 aliphatic carbocycles. The van der Waals surface area contributed by atoms with Gasteiger partial charge in [0.15, 0.2) is 0 Å². The van der Waals surface area contributed by atoms with Crippen molar-refractivity contribution >= 4 is 17.5 Å². The maximum atomic E-state index is 13.3. The van der Waals surface area contributed by atoms with Gasteiger partial charge in [-0.2, -0.15) is 0 Å². The molecule has 0 fully saturated rings. The van der Waals surface area contributed by atoms with Crippen molar-refractivity contribution in [3.05, 3.63) is 54.2 Å². The molecule has 1 aromatic heterocycles. The average Bonchev–Trinajstić information content (AvgIpc) is 2.40. The summed E-state index contributed by atoms with van der Waals surface area (Å²) in [5, 5.41) is 0.694. The van der Waals surface area contributed by atoms with Crippen molar-refractivity contribution < 1.29 is 9.18 Å². The molecular weight excluding hydrogens is 251 g/mol. The molecule has 3 nitrogen and oxygen atoms in total. The number of aromatic nitrogens is 2. The lowest BCUT2D eigenvalue weighted by Gasteiger charge is -2.02. The molecule has 0 spiro atoms. The van der Waals surface area contributed by atoms with E-state index in [9.17, 15) is 9.18 Å². The van der Waals surface area contributed by atoms with Gasteiger partial charge in [-0.3, -0.25) is 9.78 Å². The lowest BCUT2D eigenvalue weighted by atomic mass is 10.1. The summed E-state index contributed by atoms with van der Waals surface area (Å²) >= 11 is 1.31. The van der Waals surface area contributed by atoms with Gasteiger partial charge in [0.2, 0.25) is 0 Å². The number of ketones is 1. The highest BCUT2D eigenvalue weighted by Crippen LogP contribution is 2.15. The van der Waals surface area contributed by atoms with Crippen molar-refractivity contribution in [2.24, 2.45) is 0 Å². The van der Waals surface area contributed by atoms with Crippen LogP contribution in [0.25, 0.3) is 0 Å². The van der Waals surface area contributed by atoms with Gasteiger partial charge in [0.1, 0.15) is 16.6 Å². The lowest BCUT2D eigenvalue weighted by molar-refractivity contribution is -0.116. The van der Waals surface area contributed by atoms with E-state index in [0.29, 0.717) is 10.6 Å². The minimum atomic E-state index is -0.338. The Morgan fingerprint density at radius 3 is 2.83 bits per heavy atom. The van der Waals surface area contributed by atoms with Crippen LogP contribution in [0.1, 0.15) is 5.56 Å². The van der Waals surface area contributed by atoms with Crippen molar-refractivity contribution in [3.63, 3.8) is 0 Å². The Morgan fingerprint density at radius 1 is 1.28 bits per heavy atom. The number of Topliss-reactive ketones (excluding diaryl/α,β-unsaturated/α-hetero) is 1. The maximum absolute atomic E-state index is 13.3. The van der Waals surface area contributed by atoms with Gasteiger partial charge in [-0.1, -0.05) is 30.0 Å². The van der Waals surface area contributed by atoms with Crippen molar-refractivity contribution in [1.82, 2.24) is 9.97 Å². The Bertz CT molecular complexity index is 534. The molecule has 0 N–H and O–H groups in total. The molecule has 0 amide bonds. The molecule has 92 valence electrons. The fourth-order valence-corrected chi connectivity index (χ4v) is 2.10. The number of nitrogens with zero attached hydrogens (tertiary/aromatic N) is 2. The van der Waals surface area contributed by atoms with E-state index in [1.807, 2.05) is 0 Å². The first-order chi connectivity index (χ1) is 8.75. The number of hydrogen-bond acceptors (Lipinski definition) is 4. The Balaban J connectivity index is 1.88. The summed E-state index contributed by atoms with van der Waals surface area (Å²) in [6.07, 6.45) is 4.86. The number of halogens is 1. The summed E-state index contributed by atoms with van der Waals surface area (Å²) in [5.74, 6) is -0.0985. The first-order valence-electron chi connectivity index (χ1n) is 5.39. The Kier molecular flexibility index (Phi) is 4.41. The van der Waals surface area contributed by atoms with Crippen LogP contribution in [0.15, 0.2) is 47.9 Å². The fraction of sp³-hybridized carbons (Fsp3) is 0.154. The molecule has 5 heteroatoms. The molecule has 1 heterocycles. The number of rotatable bonds is 5. The Hall–Kier alpha value is -1.75. The van der Waals surface area contributed by atoms with Gasteiger partial charge in [0.05, 0.1) is 11.9 Å². The van der Waals surface area contributed by atoms with Crippen LogP contribution >= 0.6 is 11.8 Å². The predicted octanol–water partition coefficient (Wildman–Crippen LogP) is 2.52. The lowest BCUT2D eigenvalue weighted by Crippen LogP contribution is -2.07. The highest BCUT2D eigenvalue weighted by Gasteiger charge is 2.08. The van der Waals surface area contributed by atoms with Crippen LogP contribution in [0, 0.1) is 5.82 Å². The highest BCUT2D eigenvalue weighted by molar-refractivity contribution is 7.99. The van der Waals surface area contributed by atoms with Crippen LogP contribution in [0.5, 0.6) is 0 Å². The zero-order chi connectivity index (χ0) is 12.8. The molecule has 0 atom stereocenters. The minimum absolute atomic E-state index is 0.0317. The molecule has 0 aliphatic rings. The topological polar surface area (TPSA) is 42.9 Å². The molecule has 18 heavy (non-hydrogen) atoms. The molecule has 0 unspecified atom stereocenters. The first-order valence-corrected chi connectivity index (χ1v) is 6.38. The first kappa shape index (κ1) is 12.7. The fourth-order valence-electron chi connectivity index (χ4n) is 1.42. The van der Waals surface area contributed by atoms with Gasteiger partial charge in [-0.15, -0.1) is 0 Å². The monoisotopic (exact) mass is 262 g/mol. The van der Waals surface area contributed by atoms with Crippen LogP contribution in [-0.4, -0.2) is 21.5 Å². The summed E-state index contributed by atoms with van der Waals surface area (Å²) in [7, 11) is 0. The summed E-state index contributed by atoms with van der Waals surface area (Å²) in [4.78, 5) is 19.7. The summed E-state index contributed by atoms with van der Waals surface area (Å²) in [5.41, 5.74) is 0.433. The molecule has 0 aliphatic heterocycles. The Labute approximate surface area is 108 Å². The Morgan fingerprint density at radius 2 is 2.11 bits per heavy atom. The quantitative estimate of drug-likeness (QED) is 0.777. The molecule has 0 saturated carbocycles. The normalized spacial score (nSPS) is 10.3. The average molecular weight is 262 g/mol. The third-order valence-corrected chi connectivity index (χ3v) is 3.24. The van der Waals surface area contributed by atoms with Gasteiger partial charge in [-0.25, -0.2) is 9.37 Å². The van der Waals surface area contributed by atoms with E-state index in [0.717, 1.165) is 0 Å². The number of carbonyl (C=O) groups excluding carboxylic acids is 1. The van der Waals surface area contributed by atoms with Crippen molar-refractivity contribution in [2.75, 3.05) is 5.75 Å². The van der Waals surface area contributed by atoms with E-state index < -0.39 is 0 Å². The summed E-state index contributed by atoms with van der Waals surface area (Å²) in [6.45, 7) is 0. The zero-order valence-corrected chi connectivity index (χ0v) is 10.4. The van der Waals surface area contributed by atoms with Crippen molar-refractivity contribution in [1.29, 1.82) is 0 Å². The second kappa shape index (κ2) is 6.26. The van der Waals surface area contributed by atoms with Crippen LogP contribution < -0.4 is 0 Å².